The lowest BCUT2D eigenvalue weighted by molar-refractivity contribution is -0.149. The number of carboxylic acids is 1. The number of amides is 2. The monoisotopic (exact) mass is 550 g/mol. The third-order valence-electron chi connectivity index (χ3n) is 5.07. The first-order valence-electron chi connectivity index (χ1n) is 11.9. The van der Waals surface area contributed by atoms with Crippen molar-refractivity contribution in [3.8, 4) is 5.75 Å². The zero-order valence-electron chi connectivity index (χ0n) is 20.4. The van der Waals surface area contributed by atoms with Crippen LogP contribution in [0.2, 0.25) is 0 Å². The summed E-state index contributed by atoms with van der Waals surface area (Å²) in [7, 11) is 0. The van der Waals surface area contributed by atoms with Gasteiger partial charge in [-0.2, -0.15) is 0 Å². The van der Waals surface area contributed by atoms with E-state index in [-0.39, 0.29) is 12.5 Å². The quantitative estimate of drug-likeness (QED) is 0.278. The number of hydrogen-bond donors (Lipinski definition) is 2. The first kappa shape index (κ1) is 28.6. The average Bonchev–Trinajstić information content (AvgIpc) is 2.84. The molecule has 0 aliphatic carbocycles. The number of nitrogens with one attached hydrogen (secondary N) is 1. The highest BCUT2D eigenvalue weighted by Gasteiger charge is 2.18. The summed E-state index contributed by atoms with van der Waals surface area (Å²) in [4.78, 5) is 25.9. The summed E-state index contributed by atoms with van der Waals surface area (Å²) in [6.07, 6.45) is 1.11. The summed E-state index contributed by atoms with van der Waals surface area (Å²) in [5.41, 5.74) is 1.56. The summed E-state index contributed by atoms with van der Waals surface area (Å²) in [5.74, 6) is -0.328. The van der Waals surface area contributed by atoms with E-state index >= 15 is 0 Å². The third kappa shape index (κ3) is 11.1. The Balaban J connectivity index is 1.89. The first-order valence-corrected chi connectivity index (χ1v) is 12.7. The Morgan fingerprint density at radius 1 is 1.00 bits per heavy atom. The highest BCUT2D eigenvalue weighted by molar-refractivity contribution is 9.10. The van der Waals surface area contributed by atoms with Crippen LogP contribution < -0.4 is 10.1 Å². The van der Waals surface area contributed by atoms with Gasteiger partial charge in [0, 0.05) is 42.9 Å². The molecule has 2 rings (SSSR count). The molecule has 0 radical (unpaired) electrons. The van der Waals surface area contributed by atoms with Crippen molar-refractivity contribution < 1.29 is 28.9 Å². The van der Waals surface area contributed by atoms with Gasteiger partial charge in [0.2, 0.25) is 0 Å². The number of rotatable bonds is 16. The number of anilines is 1. The topological polar surface area (TPSA) is 97.3 Å². The molecule has 2 aromatic rings. The second kappa shape index (κ2) is 16.1. The number of benzene rings is 2. The van der Waals surface area contributed by atoms with E-state index in [9.17, 15) is 14.7 Å². The van der Waals surface area contributed by atoms with Gasteiger partial charge in [0.1, 0.15) is 12.4 Å². The maximum absolute atomic E-state index is 12.9. The summed E-state index contributed by atoms with van der Waals surface area (Å²) >= 11 is 3.40. The molecule has 2 aromatic carbocycles. The van der Waals surface area contributed by atoms with Crippen LogP contribution in [0.1, 0.15) is 32.3 Å². The summed E-state index contributed by atoms with van der Waals surface area (Å²) in [6.45, 7) is 6.75. The molecule has 9 heteroatoms. The number of hydrogen-bond acceptors (Lipinski definition) is 5. The van der Waals surface area contributed by atoms with Crippen LogP contribution in [0.4, 0.5) is 10.5 Å². The standard InChI is InChI=1S/C26H35BrN2O6/c1-3-16-33-17-5-14-29(26(32)28-22-10-8-21(27)9-11-22)15-18-35-23-12-6-20(7-13-23)19-24(25(30)31)34-4-2/h6-13,24H,3-5,14-19H2,1-2H3,(H,28,32)(H,30,31). The van der Waals surface area contributed by atoms with Crippen LogP contribution >= 0.6 is 15.9 Å². The van der Waals surface area contributed by atoms with Gasteiger partial charge in [0.25, 0.3) is 0 Å². The van der Waals surface area contributed by atoms with Gasteiger partial charge in [0.15, 0.2) is 6.10 Å². The lowest BCUT2D eigenvalue weighted by Gasteiger charge is -2.23. The van der Waals surface area contributed by atoms with Crippen molar-refractivity contribution in [2.24, 2.45) is 0 Å². The molecule has 0 heterocycles. The Bertz CT molecular complexity index is 892. The van der Waals surface area contributed by atoms with Crippen molar-refractivity contribution in [3.63, 3.8) is 0 Å². The number of aliphatic carboxylic acids is 1. The zero-order valence-corrected chi connectivity index (χ0v) is 22.0. The third-order valence-corrected chi connectivity index (χ3v) is 5.59. The van der Waals surface area contributed by atoms with Crippen LogP contribution in [0.15, 0.2) is 53.0 Å². The van der Waals surface area contributed by atoms with E-state index in [1.807, 2.05) is 36.4 Å². The number of carbonyl (C=O) groups is 2. The van der Waals surface area contributed by atoms with Crippen LogP contribution in [0.25, 0.3) is 0 Å². The Kier molecular flexibility index (Phi) is 13.2. The van der Waals surface area contributed by atoms with E-state index in [0.717, 1.165) is 22.9 Å². The Morgan fingerprint density at radius 3 is 2.34 bits per heavy atom. The predicted molar refractivity (Wildman–Crippen MR) is 139 cm³/mol. The molecule has 35 heavy (non-hydrogen) atoms. The fourth-order valence-electron chi connectivity index (χ4n) is 3.28. The maximum atomic E-state index is 12.9. The highest BCUT2D eigenvalue weighted by atomic mass is 79.9. The van der Waals surface area contributed by atoms with Crippen LogP contribution in [0.3, 0.4) is 0 Å². The smallest absolute Gasteiger partial charge is 0.333 e. The minimum Gasteiger partial charge on any atom is -0.492 e. The molecule has 1 atom stereocenters. The van der Waals surface area contributed by atoms with Gasteiger partial charge in [-0.1, -0.05) is 35.0 Å². The fraction of sp³-hybridized carbons (Fsp3) is 0.462. The van der Waals surface area contributed by atoms with E-state index in [1.165, 1.54) is 0 Å². The normalized spacial score (nSPS) is 11.6. The molecule has 8 nitrogen and oxygen atoms in total. The van der Waals surface area contributed by atoms with Gasteiger partial charge in [-0.05, 0) is 61.7 Å². The van der Waals surface area contributed by atoms with Crippen molar-refractivity contribution in [1.82, 2.24) is 4.90 Å². The number of nitrogens with zero attached hydrogens (tertiary/aromatic N) is 1. The van der Waals surface area contributed by atoms with Gasteiger partial charge in [-0.15, -0.1) is 0 Å². The van der Waals surface area contributed by atoms with Crippen molar-refractivity contribution in [2.75, 3.05) is 44.8 Å². The van der Waals surface area contributed by atoms with Crippen LogP contribution in [-0.4, -0.2) is 67.6 Å². The molecule has 0 aliphatic heterocycles. The highest BCUT2D eigenvalue weighted by Crippen LogP contribution is 2.16. The Hall–Kier alpha value is -2.62. The molecule has 0 bridgehead atoms. The molecule has 0 aromatic heterocycles. The SMILES string of the molecule is CCCOCCCN(CCOc1ccc(CC(OCC)C(=O)O)cc1)C(=O)Nc1ccc(Br)cc1. The fourth-order valence-corrected chi connectivity index (χ4v) is 3.55. The number of carbonyl (C=O) groups excluding carboxylic acids is 1. The minimum absolute atomic E-state index is 0.197. The lowest BCUT2D eigenvalue weighted by atomic mass is 10.1. The van der Waals surface area contributed by atoms with E-state index in [4.69, 9.17) is 14.2 Å². The zero-order chi connectivity index (χ0) is 25.5. The van der Waals surface area contributed by atoms with Gasteiger partial charge in [-0.3, -0.25) is 0 Å². The van der Waals surface area contributed by atoms with Gasteiger partial charge in [0.05, 0.1) is 6.54 Å². The van der Waals surface area contributed by atoms with Crippen molar-refractivity contribution in [1.29, 1.82) is 0 Å². The molecule has 192 valence electrons. The summed E-state index contributed by atoms with van der Waals surface area (Å²) in [6, 6.07) is 14.5. The van der Waals surface area contributed by atoms with Crippen LogP contribution in [-0.2, 0) is 20.7 Å². The molecular weight excluding hydrogens is 516 g/mol. The summed E-state index contributed by atoms with van der Waals surface area (Å²) < 4.78 is 17.6. The van der Waals surface area contributed by atoms with E-state index in [1.54, 1.807) is 24.0 Å². The van der Waals surface area contributed by atoms with E-state index < -0.39 is 12.1 Å². The van der Waals surface area contributed by atoms with E-state index in [2.05, 4.69) is 28.2 Å². The molecule has 0 saturated heterocycles. The first-order chi connectivity index (χ1) is 16.9. The number of urea groups is 1. The molecule has 1 unspecified atom stereocenters. The van der Waals surface area contributed by atoms with Gasteiger partial charge < -0.3 is 29.5 Å². The molecule has 2 N–H and O–H groups in total. The maximum Gasteiger partial charge on any atom is 0.333 e. The molecular formula is C26H35BrN2O6. The minimum atomic E-state index is -0.978. The molecule has 0 saturated carbocycles. The average molecular weight is 551 g/mol. The molecule has 0 aliphatic rings. The molecule has 0 fully saturated rings. The van der Waals surface area contributed by atoms with Crippen LogP contribution in [0, 0.1) is 0 Å². The van der Waals surface area contributed by atoms with E-state index in [0.29, 0.717) is 51.0 Å². The van der Waals surface area contributed by atoms with Gasteiger partial charge in [-0.25, -0.2) is 9.59 Å². The Morgan fingerprint density at radius 2 is 1.71 bits per heavy atom. The van der Waals surface area contributed by atoms with Crippen molar-refractivity contribution >= 4 is 33.6 Å². The molecule has 2 amide bonds. The second-order valence-electron chi connectivity index (χ2n) is 7.87. The predicted octanol–water partition coefficient (Wildman–Crippen LogP) is 5.21. The van der Waals surface area contributed by atoms with Crippen molar-refractivity contribution in [3.05, 3.63) is 58.6 Å². The van der Waals surface area contributed by atoms with Crippen molar-refractivity contribution in [2.45, 2.75) is 39.2 Å². The Labute approximate surface area is 215 Å². The number of halogens is 1. The second-order valence-corrected chi connectivity index (χ2v) is 8.78. The van der Waals surface area contributed by atoms with Crippen LogP contribution in [0.5, 0.6) is 5.75 Å². The largest absolute Gasteiger partial charge is 0.492 e. The lowest BCUT2D eigenvalue weighted by Crippen LogP contribution is -2.39. The molecule has 0 spiro atoms. The van der Waals surface area contributed by atoms with Gasteiger partial charge >= 0.3 is 12.0 Å². The number of carboxylic acid groups (broad SMARTS) is 1. The number of ether oxygens (including phenoxy) is 3. The summed E-state index contributed by atoms with van der Waals surface area (Å²) in [5, 5.41) is 12.2.